The van der Waals surface area contributed by atoms with E-state index in [1.54, 1.807) is 25.3 Å². The van der Waals surface area contributed by atoms with Gasteiger partial charge in [-0.15, -0.1) is 0 Å². The zero-order chi connectivity index (χ0) is 15.2. The predicted molar refractivity (Wildman–Crippen MR) is 80.7 cm³/mol. The van der Waals surface area contributed by atoms with Gasteiger partial charge in [-0.25, -0.2) is 0 Å². The number of aliphatic hydroxyl groups excluding tert-OH is 1. The molecule has 0 aliphatic carbocycles. The molecule has 0 saturated heterocycles. The normalized spacial score (nSPS) is 10.8. The Morgan fingerprint density at radius 1 is 1.38 bits per heavy atom. The first-order valence-corrected chi connectivity index (χ1v) is 7.19. The van der Waals surface area contributed by atoms with Crippen molar-refractivity contribution in [3.8, 4) is 5.75 Å². The minimum atomic E-state index is -0.296. The van der Waals surface area contributed by atoms with Gasteiger partial charge in [-0.1, -0.05) is 0 Å². The van der Waals surface area contributed by atoms with Crippen LogP contribution in [0.1, 0.15) is 10.4 Å². The summed E-state index contributed by atoms with van der Waals surface area (Å²) >= 11 is 3.26. The molecular weight excluding hydrogens is 342 g/mol. The Hall–Kier alpha value is -1.57. The molecule has 1 amide bonds. The SMILES string of the molecule is COCCOc1cc(C(=O)NCCO)cc2oc(Br)cc12. The van der Waals surface area contributed by atoms with Crippen molar-refractivity contribution in [2.45, 2.75) is 0 Å². The molecule has 0 fully saturated rings. The van der Waals surface area contributed by atoms with E-state index in [-0.39, 0.29) is 19.1 Å². The van der Waals surface area contributed by atoms with Crippen LogP contribution in [0, 0.1) is 0 Å². The molecule has 21 heavy (non-hydrogen) atoms. The number of carbonyl (C=O) groups is 1. The number of aliphatic hydroxyl groups is 1. The molecule has 1 aromatic carbocycles. The van der Waals surface area contributed by atoms with E-state index in [9.17, 15) is 4.79 Å². The van der Waals surface area contributed by atoms with Gasteiger partial charge in [0.15, 0.2) is 4.67 Å². The van der Waals surface area contributed by atoms with Crippen molar-refractivity contribution >= 4 is 32.8 Å². The molecule has 7 heteroatoms. The van der Waals surface area contributed by atoms with Gasteiger partial charge >= 0.3 is 0 Å². The molecule has 2 aromatic rings. The number of nitrogens with one attached hydrogen (secondary N) is 1. The fourth-order valence-electron chi connectivity index (χ4n) is 1.83. The summed E-state index contributed by atoms with van der Waals surface area (Å²) in [5.74, 6) is 0.253. The second-order valence-corrected chi connectivity index (χ2v) is 5.04. The molecule has 0 spiro atoms. The van der Waals surface area contributed by atoms with Crippen molar-refractivity contribution in [3.05, 3.63) is 28.4 Å². The quantitative estimate of drug-likeness (QED) is 0.740. The fraction of sp³-hybridized carbons (Fsp3) is 0.357. The number of furan rings is 1. The van der Waals surface area contributed by atoms with Crippen LogP contribution in [0.2, 0.25) is 0 Å². The van der Waals surface area contributed by atoms with Crippen LogP contribution < -0.4 is 10.1 Å². The van der Waals surface area contributed by atoms with E-state index < -0.39 is 0 Å². The molecule has 6 nitrogen and oxygen atoms in total. The van der Waals surface area contributed by atoms with E-state index in [1.165, 1.54) is 0 Å². The zero-order valence-corrected chi connectivity index (χ0v) is 13.1. The topological polar surface area (TPSA) is 80.9 Å². The summed E-state index contributed by atoms with van der Waals surface area (Å²) < 4.78 is 16.6. The van der Waals surface area contributed by atoms with Gasteiger partial charge in [0.1, 0.15) is 17.9 Å². The molecule has 2 rings (SSSR count). The Morgan fingerprint density at radius 2 is 2.19 bits per heavy atom. The first-order chi connectivity index (χ1) is 10.2. The number of halogens is 1. The number of benzene rings is 1. The highest BCUT2D eigenvalue weighted by atomic mass is 79.9. The van der Waals surface area contributed by atoms with Gasteiger partial charge in [-0.3, -0.25) is 4.79 Å². The number of hydrogen-bond donors (Lipinski definition) is 2. The molecule has 0 aliphatic heterocycles. The summed E-state index contributed by atoms with van der Waals surface area (Å²) in [6.07, 6.45) is 0. The number of hydrogen-bond acceptors (Lipinski definition) is 5. The van der Waals surface area contributed by atoms with Crippen LogP contribution in [0.4, 0.5) is 0 Å². The smallest absolute Gasteiger partial charge is 0.251 e. The van der Waals surface area contributed by atoms with Crippen LogP contribution in [0.5, 0.6) is 5.75 Å². The molecule has 0 bridgehead atoms. The van der Waals surface area contributed by atoms with Gasteiger partial charge in [0, 0.05) is 25.3 Å². The third-order valence-electron chi connectivity index (χ3n) is 2.77. The number of fused-ring (bicyclic) bond motifs is 1. The average molecular weight is 358 g/mol. The molecule has 1 aromatic heterocycles. The van der Waals surface area contributed by atoms with Crippen LogP contribution in [-0.4, -0.2) is 44.5 Å². The maximum absolute atomic E-state index is 12.0. The van der Waals surface area contributed by atoms with Crippen molar-refractivity contribution in [3.63, 3.8) is 0 Å². The van der Waals surface area contributed by atoms with Crippen molar-refractivity contribution in [1.29, 1.82) is 0 Å². The van der Waals surface area contributed by atoms with Crippen molar-refractivity contribution in [2.75, 3.05) is 33.5 Å². The maximum Gasteiger partial charge on any atom is 0.251 e. The second-order valence-electron chi connectivity index (χ2n) is 4.26. The molecule has 114 valence electrons. The number of amides is 1. The summed E-state index contributed by atoms with van der Waals surface area (Å²) in [7, 11) is 1.59. The van der Waals surface area contributed by atoms with Gasteiger partial charge in [-0.05, 0) is 28.1 Å². The van der Waals surface area contributed by atoms with E-state index in [2.05, 4.69) is 21.2 Å². The summed E-state index contributed by atoms with van der Waals surface area (Å²) in [6.45, 7) is 0.896. The highest BCUT2D eigenvalue weighted by Crippen LogP contribution is 2.32. The van der Waals surface area contributed by atoms with Gasteiger partial charge < -0.3 is 24.3 Å². The first-order valence-electron chi connectivity index (χ1n) is 6.39. The van der Waals surface area contributed by atoms with Crippen LogP contribution in [0.15, 0.2) is 27.3 Å². The Labute approximate surface area is 130 Å². The van der Waals surface area contributed by atoms with Gasteiger partial charge in [-0.2, -0.15) is 0 Å². The van der Waals surface area contributed by atoms with Crippen LogP contribution in [0.25, 0.3) is 11.0 Å². The molecule has 0 radical (unpaired) electrons. The average Bonchev–Trinajstić information content (AvgIpc) is 2.85. The highest BCUT2D eigenvalue weighted by Gasteiger charge is 2.14. The minimum Gasteiger partial charge on any atom is -0.490 e. The molecule has 1 heterocycles. The van der Waals surface area contributed by atoms with Crippen LogP contribution >= 0.6 is 15.9 Å². The second kappa shape index (κ2) is 7.44. The van der Waals surface area contributed by atoms with E-state index in [0.29, 0.717) is 34.8 Å². The lowest BCUT2D eigenvalue weighted by Crippen LogP contribution is -2.26. The van der Waals surface area contributed by atoms with Crippen molar-refractivity contribution in [2.24, 2.45) is 0 Å². The maximum atomic E-state index is 12.0. The number of ether oxygens (including phenoxy) is 2. The lowest BCUT2D eigenvalue weighted by molar-refractivity contribution is 0.0944. The van der Waals surface area contributed by atoms with E-state index in [0.717, 1.165) is 5.39 Å². The summed E-state index contributed by atoms with van der Waals surface area (Å²) in [5.41, 5.74) is 0.955. The first kappa shape index (κ1) is 15.8. The lowest BCUT2D eigenvalue weighted by atomic mass is 10.1. The van der Waals surface area contributed by atoms with E-state index >= 15 is 0 Å². The van der Waals surface area contributed by atoms with Gasteiger partial charge in [0.05, 0.1) is 18.6 Å². The summed E-state index contributed by atoms with van der Waals surface area (Å²) in [5, 5.41) is 12.1. The zero-order valence-electron chi connectivity index (χ0n) is 11.5. The predicted octanol–water partition coefficient (Wildman–Crippen LogP) is 1.94. The molecule has 0 saturated carbocycles. The highest BCUT2D eigenvalue weighted by molar-refractivity contribution is 9.10. The van der Waals surface area contributed by atoms with Crippen molar-refractivity contribution in [1.82, 2.24) is 5.32 Å². The Balaban J connectivity index is 2.31. The number of methoxy groups -OCH3 is 1. The largest absolute Gasteiger partial charge is 0.490 e. The third kappa shape index (κ3) is 3.96. The Kier molecular flexibility index (Phi) is 5.60. The monoisotopic (exact) mass is 357 g/mol. The van der Waals surface area contributed by atoms with E-state index in [1.807, 2.05) is 0 Å². The van der Waals surface area contributed by atoms with Crippen LogP contribution in [0.3, 0.4) is 0 Å². The van der Waals surface area contributed by atoms with Crippen LogP contribution in [-0.2, 0) is 4.74 Å². The Bertz CT molecular complexity index is 625. The van der Waals surface area contributed by atoms with E-state index in [4.69, 9.17) is 19.0 Å². The number of rotatable bonds is 7. The standard InChI is InChI=1S/C14H16BrNO5/c1-19-4-5-20-11-6-9(14(18)16-2-3-17)7-12-10(11)8-13(15)21-12/h6-8,17H,2-5H2,1H3,(H,16,18). The lowest BCUT2D eigenvalue weighted by Gasteiger charge is -2.09. The minimum absolute atomic E-state index is 0.114. The molecule has 0 aliphatic rings. The van der Waals surface area contributed by atoms with Gasteiger partial charge in [0.2, 0.25) is 0 Å². The Morgan fingerprint density at radius 3 is 2.90 bits per heavy atom. The summed E-state index contributed by atoms with van der Waals surface area (Å²) in [4.78, 5) is 12.0. The van der Waals surface area contributed by atoms with Crippen molar-refractivity contribution < 1.29 is 23.8 Å². The molecular formula is C14H16BrNO5. The number of carbonyl (C=O) groups excluding carboxylic acids is 1. The molecule has 0 atom stereocenters. The molecule has 2 N–H and O–H groups in total. The van der Waals surface area contributed by atoms with Gasteiger partial charge in [0.25, 0.3) is 5.91 Å². The summed E-state index contributed by atoms with van der Waals surface area (Å²) in [6, 6.07) is 5.06. The third-order valence-corrected chi connectivity index (χ3v) is 3.16. The fourth-order valence-corrected chi connectivity index (χ4v) is 2.24. The molecule has 0 unspecified atom stereocenters.